The van der Waals surface area contributed by atoms with Crippen molar-refractivity contribution in [3.05, 3.63) is 34.4 Å². The number of aliphatic hydroxyl groups is 1. The maximum Gasteiger partial charge on any atom is 0.451 e. The van der Waals surface area contributed by atoms with E-state index in [4.69, 9.17) is 16.3 Å². The Hall–Kier alpha value is -2.89. The zero-order valence-corrected chi connectivity index (χ0v) is 15.8. The average molecular weight is 443 g/mol. The Morgan fingerprint density at radius 2 is 1.79 bits per heavy atom. The van der Waals surface area contributed by atoms with Gasteiger partial charge in [0.05, 0.1) is 18.2 Å². The third-order valence-electron chi connectivity index (χ3n) is 2.87. The van der Waals surface area contributed by atoms with Gasteiger partial charge in [-0.2, -0.15) is 13.2 Å². The molecule has 0 bridgehead atoms. The summed E-state index contributed by atoms with van der Waals surface area (Å²) >= 11 is 5.77. The van der Waals surface area contributed by atoms with Gasteiger partial charge in [-0.1, -0.05) is 11.6 Å². The van der Waals surface area contributed by atoms with Crippen LogP contribution in [0, 0.1) is 5.82 Å². The molecule has 1 rings (SSSR count). The normalized spacial score (nSPS) is 12.5. The molecule has 1 N–H and O–H groups in total. The van der Waals surface area contributed by atoms with E-state index >= 15 is 0 Å². The molecule has 0 heterocycles. The van der Waals surface area contributed by atoms with Gasteiger partial charge in [0.1, 0.15) is 11.4 Å². The van der Waals surface area contributed by atoms with Crippen molar-refractivity contribution in [2.24, 2.45) is 10.2 Å². The minimum Gasteiger partial charge on any atom is -0.502 e. The Morgan fingerprint density at radius 3 is 2.34 bits per heavy atom. The molecule has 0 saturated heterocycles. The van der Waals surface area contributed by atoms with E-state index in [2.05, 4.69) is 19.7 Å². The van der Waals surface area contributed by atoms with Gasteiger partial charge in [-0.3, -0.25) is 0 Å². The summed E-state index contributed by atoms with van der Waals surface area (Å²) in [5.41, 5.74) is -2.27. The second-order valence-corrected chi connectivity index (χ2v) is 5.35. The van der Waals surface area contributed by atoms with Crippen LogP contribution in [0.2, 0.25) is 5.02 Å². The fourth-order valence-corrected chi connectivity index (χ4v) is 1.87. The molecule has 0 radical (unpaired) electrons. The van der Waals surface area contributed by atoms with Gasteiger partial charge in [0.2, 0.25) is 11.5 Å². The number of halogens is 5. The molecule has 0 amide bonds. The van der Waals surface area contributed by atoms with E-state index in [-0.39, 0.29) is 24.0 Å². The third kappa shape index (κ3) is 7.22. The molecule has 0 aliphatic heterocycles. The third-order valence-corrected chi connectivity index (χ3v) is 3.17. The number of ether oxygens (including phenoxy) is 3. The molecule has 160 valence electrons. The summed E-state index contributed by atoms with van der Waals surface area (Å²) in [6.07, 6.45) is -5.33. The first-order valence-electron chi connectivity index (χ1n) is 7.87. The van der Waals surface area contributed by atoms with E-state index in [1.54, 1.807) is 6.92 Å². The molecule has 13 heteroatoms. The SMILES string of the molecule is CCOC(=O)COc1cc(N=NC(C(=O)OCC)=C(O)C(F)(F)F)c(F)cc1Cl. The first-order valence-corrected chi connectivity index (χ1v) is 8.25. The number of carbonyl (C=O) groups excluding carboxylic acids is 2. The van der Waals surface area contributed by atoms with Crippen molar-refractivity contribution < 1.29 is 46.5 Å². The Bertz CT molecular complexity index is 826. The molecule has 0 aliphatic rings. The van der Waals surface area contributed by atoms with E-state index in [0.717, 1.165) is 6.07 Å². The van der Waals surface area contributed by atoms with Crippen LogP contribution in [0.3, 0.4) is 0 Å². The molecule has 1 aromatic carbocycles. The highest BCUT2D eigenvalue weighted by Gasteiger charge is 2.39. The lowest BCUT2D eigenvalue weighted by molar-refractivity contribution is -0.145. The number of esters is 2. The molecular formula is C16H15ClF4N2O6. The molecule has 8 nitrogen and oxygen atoms in total. The predicted octanol–water partition coefficient (Wildman–Crippen LogP) is 4.40. The van der Waals surface area contributed by atoms with Crippen LogP contribution in [-0.2, 0) is 19.1 Å². The highest BCUT2D eigenvalue weighted by Crippen LogP contribution is 2.33. The molecule has 0 aromatic heterocycles. The van der Waals surface area contributed by atoms with Crippen molar-refractivity contribution >= 4 is 29.2 Å². The lowest BCUT2D eigenvalue weighted by Gasteiger charge is -2.09. The molecule has 0 aliphatic carbocycles. The van der Waals surface area contributed by atoms with Gasteiger partial charge in [-0.25, -0.2) is 14.0 Å². The summed E-state index contributed by atoms with van der Waals surface area (Å²) in [6.45, 7) is 2.06. The summed E-state index contributed by atoms with van der Waals surface area (Å²) < 4.78 is 66.1. The van der Waals surface area contributed by atoms with Crippen molar-refractivity contribution in [3.8, 4) is 5.75 Å². The zero-order chi connectivity index (χ0) is 22.2. The van der Waals surface area contributed by atoms with Gasteiger partial charge in [0.25, 0.3) is 0 Å². The number of allylic oxidation sites excluding steroid dienone is 1. The van der Waals surface area contributed by atoms with Gasteiger partial charge >= 0.3 is 18.1 Å². The lowest BCUT2D eigenvalue weighted by Crippen LogP contribution is -2.18. The van der Waals surface area contributed by atoms with Crippen LogP contribution in [0.5, 0.6) is 5.75 Å². The van der Waals surface area contributed by atoms with Crippen LogP contribution >= 0.6 is 11.6 Å². The Morgan fingerprint density at radius 1 is 1.17 bits per heavy atom. The van der Waals surface area contributed by atoms with Gasteiger partial charge in [-0.15, -0.1) is 10.2 Å². The summed E-state index contributed by atoms with van der Waals surface area (Å²) in [7, 11) is 0. The second kappa shape index (κ2) is 10.6. The number of rotatable bonds is 8. The van der Waals surface area contributed by atoms with Crippen LogP contribution in [0.15, 0.2) is 33.8 Å². The van der Waals surface area contributed by atoms with E-state index < -0.39 is 47.7 Å². The number of aliphatic hydroxyl groups excluding tert-OH is 1. The maximum atomic E-state index is 14.0. The first-order chi connectivity index (χ1) is 13.5. The molecule has 0 unspecified atom stereocenters. The minimum atomic E-state index is -5.33. The number of nitrogens with zero attached hydrogens (tertiary/aromatic N) is 2. The van der Waals surface area contributed by atoms with Crippen LogP contribution in [0.1, 0.15) is 13.8 Å². The fourth-order valence-electron chi connectivity index (χ4n) is 1.67. The number of azo groups is 1. The van der Waals surface area contributed by atoms with Crippen LogP contribution in [-0.4, -0.2) is 43.0 Å². The van der Waals surface area contributed by atoms with E-state index in [0.29, 0.717) is 6.07 Å². The predicted molar refractivity (Wildman–Crippen MR) is 90.4 cm³/mol. The van der Waals surface area contributed by atoms with Crippen LogP contribution in [0.25, 0.3) is 0 Å². The topological polar surface area (TPSA) is 107 Å². The van der Waals surface area contributed by atoms with E-state index in [9.17, 15) is 32.3 Å². The minimum absolute atomic E-state index is 0.0878. The van der Waals surface area contributed by atoms with Crippen molar-refractivity contribution in [2.75, 3.05) is 19.8 Å². The summed E-state index contributed by atoms with van der Waals surface area (Å²) in [4.78, 5) is 22.9. The van der Waals surface area contributed by atoms with Gasteiger partial charge in [-0.05, 0) is 19.9 Å². The molecule has 0 atom stereocenters. The monoisotopic (exact) mass is 442 g/mol. The van der Waals surface area contributed by atoms with Crippen LogP contribution < -0.4 is 4.74 Å². The Labute approximate surface area is 166 Å². The fraction of sp³-hybridized carbons (Fsp3) is 0.375. The molecule has 0 fully saturated rings. The lowest BCUT2D eigenvalue weighted by atomic mass is 10.3. The van der Waals surface area contributed by atoms with Crippen molar-refractivity contribution in [3.63, 3.8) is 0 Å². The standard InChI is InChI=1S/C16H15ClF4N2O6/c1-3-27-12(24)7-29-11-6-10(9(18)5-8(11)17)22-23-13(15(26)28-4-2)14(25)16(19,20)21/h5-6,25H,3-4,7H2,1-2H3. The molecule has 29 heavy (non-hydrogen) atoms. The maximum absolute atomic E-state index is 14.0. The van der Waals surface area contributed by atoms with Crippen molar-refractivity contribution in [1.29, 1.82) is 0 Å². The van der Waals surface area contributed by atoms with Crippen LogP contribution in [0.4, 0.5) is 23.2 Å². The largest absolute Gasteiger partial charge is 0.502 e. The Kier molecular flexibility index (Phi) is 8.83. The number of hydrogen-bond donors (Lipinski definition) is 1. The van der Waals surface area contributed by atoms with Gasteiger partial charge in [0, 0.05) is 6.07 Å². The second-order valence-electron chi connectivity index (χ2n) is 4.94. The van der Waals surface area contributed by atoms with Gasteiger partial charge in [0.15, 0.2) is 12.4 Å². The number of benzene rings is 1. The van der Waals surface area contributed by atoms with Crippen molar-refractivity contribution in [1.82, 2.24) is 0 Å². The molecule has 0 saturated carbocycles. The quantitative estimate of drug-likeness (QED) is 0.210. The zero-order valence-electron chi connectivity index (χ0n) is 15.0. The molecular weight excluding hydrogens is 428 g/mol. The summed E-state index contributed by atoms with van der Waals surface area (Å²) in [5, 5.41) is 15.1. The molecule has 0 spiro atoms. The number of hydrogen-bond acceptors (Lipinski definition) is 8. The van der Waals surface area contributed by atoms with Gasteiger partial charge < -0.3 is 19.3 Å². The Balaban J connectivity index is 3.24. The smallest absolute Gasteiger partial charge is 0.451 e. The van der Waals surface area contributed by atoms with E-state index in [1.807, 2.05) is 0 Å². The highest BCUT2D eigenvalue weighted by atomic mass is 35.5. The number of alkyl halides is 3. The van der Waals surface area contributed by atoms with E-state index in [1.165, 1.54) is 6.92 Å². The summed E-state index contributed by atoms with van der Waals surface area (Å²) in [6, 6.07) is 1.53. The average Bonchev–Trinajstić information content (AvgIpc) is 2.62. The van der Waals surface area contributed by atoms with Crippen molar-refractivity contribution in [2.45, 2.75) is 20.0 Å². The molecule has 1 aromatic rings. The number of carbonyl (C=O) groups is 2. The summed E-state index contributed by atoms with van der Waals surface area (Å²) in [5.74, 6) is -6.13. The highest BCUT2D eigenvalue weighted by molar-refractivity contribution is 6.32. The first kappa shape index (κ1) is 24.1.